The van der Waals surface area contributed by atoms with E-state index in [1.54, 1.807) is 0 Å². The van der Waals surface area contributed by atoms with Crippen molar-refractivity contribution in [1.29, 1.82) is 0 Å². The van der Waals surface area contributed by atoms with E-state index >= 15 is 4.57 Å². The van der Waals surface area contributed by atoms with Crippen molar-refractivity contribution < 1.29 is 17.9 Å². The molecule has 2 aliphatic carbocycles. The highest BCUT2D eigenvalue weighted by molar-refractivity contribution is 7.74. The summed E-state index contributed by atoms with van der Waals surface area (Å²) < 4.78 is 37.0. The van der Waals surface area contributed by atoms with Crippen LogP contribution in [0.5, 0.6) is 0 Å². The Kier molecular flexibility index (Phi) is 12.7. The summed E-state index contributed by atoms with van der Waals surface area (Å²) in [6.45, 7) is 32.9. The molecule has 6 atom stereocenters. The lowest BCUT2D eigenvalue weighted by atomic mass is 9.63. The molecule has 272 valence electrons. The third-order valence-electron chi connectivity index (χ3n) is 11.7. The van der Waals surface area contributed by atoms with E-state index in [2.05, 4.69) is 94.2 Å². The van der Waals surface area contributed by atoms with Gasteiger partial charge < -0.3 is 13.4 Å². The van der Waals surface area contributed by atoms with Crippen LogP contribution in [0.1, 0.15) is 93.9 Å². The van der Waals surface area contributed by atoms with Gasteiger partial charge in [-0.2, -0.15) is 0 Å². The van der Waals surface area contributed by atoms with Crippen LogP contribution in [0.2, 0.25) is 26.2 Å². The molecule has 0 aromatic heterocycles. The fraction of sp³-hybridized carbons (Fsp3) is 0.619. The van der Waals surface area contributed by atoms with Gasteiger partial charge in [0.05, 0.1) is 11.4 Å². The van der Waals surface area contributed by atoms with E-state index in [9.17, 15) is 0 Å². The number of unbranched alkanes of at least 4 members (excludes halogenated alkanes) is 1. The van der Waals surface area contributed by atoms with Crippen molar-refractivity contribution in [2.45, 2.75) is 132 Å². The molecule has 2 saturated carbocycles. The van der Waals surface area contributed by atoms with Crippen LogP contribution >= 0.6 is 7.37 Å². The molecule has 49 heavy (non-hydrogen) atoms. The van der Waals surface area contributed by atoms with Gasteiger partial charge in [0.25, 0.3) is 7.37 Å². The van der Waals surface area contributed by atoms with E-state index in [0.717, 1.165) is 30.6 Å². The van der Waals surface area contributed by atoms with Crippen molar-refractivity contribution in [3.8, 4) is 0 Å². The molecule has 7 heteroatoms. The first-order valence-electron chi connectivity index (χ1n) is 18.9. The normalized spacial score (nSPS) is 26.3. The molecule has 4 nitrogen and oxygen atoms in total. The average molecular weight is 723 g/mol. The van der Waals surface area contributed by atoms with E-state index in [4.69, 9.17) is 13.4 Å². The minimum Gasteiger partial charge on any atom is -0.550 e. The van der Waals surface area contributed by atoms with Crippen molar-refractivity contribution >= 4 is 36.1 Å². The predicted molar refractivity (Wildman–Crippen MR) is 215 cm³/mol. The zero-order chi connectivity index (χ0) is 36.4. The van der Waals surface area contributed by atoms with Crippen LogP contribution in [0.4, 0.5) is 0 Å². The van der Waals surface area contributed by atoms with Crippen LogP contribution in [0.15, 0.2) is 84.7 Å². The lowest BCUT2D eigenvalue weighted by molar-refractivity contribution is -0.0325. The predicted octanol–water partition coefficient (Wildman–Crippen LogP) is 10.8. The zero-order valence-electron chi connectivity index (χ0n) is 32.8. The Hall–Kier alpha value is -1.70. The monoisotopic (exact) mass is 722 g/mol. The van der Waals surface area contributed by atoms with E-state index in [1.807, 2.05) is 60.7 Å². The maximum atomic E-state index is 15.4. The van der Waals surface area contributed by atoms with Gasteiger partial charge in [0.15, 0.2) is 9.04 Å². The Balaban J connectivity index is 1.89. The van der Waals surface area contributed by atoms with Gasteiger partial charge in [-0.25, -0.2) is 0 Å². The van der Waals surface area contributed by atoms with Gasteiger partial charge in [0.2, 0.25) is 9.04 Å². The van der Waals surface area contributed by atoms with E-state index < -0.39 is 37.2 Å². The number of benzene rings is 2. The number of rotatable bonds is 14. The fourth-order valence-electron chi connectivity index (χ4n) is 8.46. The molecule has 0 heterocycles. The second kappa shape index (κ2) is 15.5. The topological polar surface area (TPSA) is 44.8 Å². The molecule has 2 unspecified atom stereocenters. The molecule has 0 aliphatic heterocycles. The van der Waals surface area contributed by atoms with Gasteiger partial charge in [0, 0.05) is 22.4 Å². The lowest BCUT2D eigenvalue weighted by Gasteiger charge is -2.43. The Morgan fingerprint density at radius 1 is 0.918 bits per heavy atom. The summed E-state index contributed by atoms with van der Waals surface area (Å²) in [7, 11) is -6.55. The van der Waals surface area contributed by atoms with Crippen molar-refractivity contribution in [1.82, 2.24) is 0 Å². The molecule has 0 N–H and O–H groups in total. The number of allylic oxidation sites excluding steroid dienone is 2. The van der Waals surface area contributed by atoms with Crippen LogP contribution in [0.25, 0.3) is 0 Å². The van der Waals surface area contributed by atoms with Crippen molar-refractivity contribution in [2.24, 2.45) is 34.0 Å². The van der Waals surface area contributed by atoms with Gasteiger partial charge in [-0.3, -0.25) is 4.57 Å². The second-order valence-electron chi connectivity index (χ2n) is 17.9. The molecule has 0 spiro atoms. The van der Waals surface area contributed by atoms with Crippen LogP contribution in [-0.2, 0) is 17.9 Å². The summed E-state index contributed by atoms with van der Waals surface area (Å²) in [5.41, 5.74) is 0.663. The van der Waals surface area contributed by atoms with Crippen LogP contribution in [0.3, 0.4) is 0 Å². The van der Waals surface area contributed by atoms with E-state index in [1.165, 1.54) is 19.3 Å². The van der Waals surface area contributed by atoms with Gasteiger partial charge in [-0.15, -0.1) is 0 Å². The molecular formula is C42H67O4PSi2. The molecular weight excluding hydrogens is 656 g/mol. The summed E-state index contributed by atoms with van der Waals surface area (Å²) in [6, 6.07) is 19.5. The Morgan fingerprint density at radius 2 is 1.47 bits per heavy atom. The zero-order valence-corrected chi connectivity index (χ0v) is 36.0. The molecule has 2 aromatic carbocycles. The van der Waals surface area contributed by atoms with Gasteiger partial charge >= 0.3 is 0 Å². The summed E-state index contributed by atoms with van der Waals surface area (Å²) in [5.74, 6) is 1.75. The molecule has 0 saturated heterocycles. The lowest BCUT2D eigenvalue weighted by Crippen LogP contribution is -2.48. The van der Waals surface area contributed by atoms with Crippen molar-refractivity contribution in [3.05, 3.63) is 84.7 Å². The minimum atomic E-state index is -3.50. The quantitative estimate of drug-likeness (QED) is 0.0843. The van der Waals surface area contributed by atoms with Crippen LogP contribution < -0.4 is 10.6 Å². The maximum absolute atomic E-state index is 15.4. The molecule has 2 aliphatic rings. The third-order valence-corrected chi connectivity index (χ3v) is 15.8. The Bertz CT molecular complexity index is 1430. The van der Waals surface area contributed by atoms with E-state index in [0.29, 0.717) is 16.5 Å². The SMILES string of the molecule is C=C1C[C@H]2[C@@H](C(=CCC(C)(CCCC)C(C)(C)C)O[SiH](C)C)[C@H](C(C)(C)C)C[C@@]2(O[SiH](C)C)C1OP(=O)(c1ccccc1)c1ccccc1. The fourth-order valence-corrected chi connectivity index (χ4v) is 12.8. The smallest absolute Gasteiger partial charge is 0.261 e. The molecule has 2 aromatic rings. The highest BCUT2D eigenvalue weighted by Gasteiger charge is 2.66. The third kappa shape index (κ3) is 8.52. The van der Waals surface area contributed by atoms with Crippen LogP contribution in [0, 0.1) is 34.0 Å². The van der Waals surface area contributed by atoms with E-state index in [-0.39, 0.29) is 28.1 Å². The highest BCUT2D eigenvalue weighted by Crippen LogP contribution is 2.66. The summed E-state index contributed by atoms with van der Waals surface area (Å²) in [6.07, 6.45) is 8.22. The molecule has 0 amide bonds. The Morgan fingerprint density at radius 3 is 1.92 bits per heavy atom. The highest BCUT2D eigenvalue weighted by atomic mass is 31.2. The standard InChI is InChI=1S/C42H67O4PSi2/c1-14-15-27-41(9,40(6,7)8)28-26-36(45-48(10)11)37-34-29-31(2)38(42(34,46-49(12)13)30-35(37)39(3,4)5)44-47(43,32-22-18-16-19-23-32)33-24-20-17-21-25-33/h16-26,34-35,37-38,48-49H,2,14-15,27-30H2,1,3-13H3/t34-,35+,37+,38?,41?,42-/m0/s1. The van der Waals surface area contributed by atoms with Crippen molar-refractivity contribution in [2.75, 3.05) is 0 Å². The first-order valence-corrected chi connectivity index (χ1v) is 26.1. The first-order chi connectivity index (χ1) is 22.8. The van der Waals surface area contributed by atoms with Crippen molar-refractivity contribution in [3.63, 3.8) is 0 Å². The number of hydrogen-bond donors (Lipinski definition) is 0. The maximum Gasteiger partial charge on any atom is 0.261 e. The summed E-state index contributed by atoms with van der Waals surface area (Å²) >= 11 is 0. The second-order valence-corrected chi connectivity index (χ2v) is 24.9. The molecule has 0 radical (unpaired) electrons. The molecule has 2 fully saturated rings. The number of fused-ring (bicyclic) bond motifs is 1. The van der Waals surface area contributed by atoms with Gasteiger partial charge in [-0.05, 0) is 110 Å². The molecule has 4 rings (SSSR count). The Labute approximate surface area is 303 Å². The summed E-state index contributed by atoms with van der Waals surface area (Å²) in [4.78, 5) is 0. The number of hydrogen-bond acceptors (Lipinski definition) is 4. The summed E-state index contributed by atoms with van der Waals surface area (Å²) in [5, 5.41) is 1.42. The minimum absolute atomic E-state index is 0.00509. The van der Waals surface area contributed by atoms with Gasteiger partial charge in [-0.1, -0.05) is 111 Å². The largest absolute Gasteiger partial charge is 0.550 e. The van der Waals surface area contributed by atoms with Crippen LogP contribution in [-0.4, -0.2) is 29.8 Å². The van der Waals surface area contributed by atoms with Gasteiger partial charge in [0.1, 0.15) is 6.10 Å². The molecule has 0 bridgehead atoms. The first kappa shape index (κ1) is 40.1. The average Bonchev–Trinajstić information content (AvgIpc) is 3.47.